The third kappa shape index (κ3) is 6.47. The second kappa shape index (κ2) is 11.4. The number of rotatable bonds is 11. The van der Waals surface area contributed by atoms with Crippen LogP contribution in [0.5, 0.6) is 5.75 Å². The van der Waals surface area contributed by atoms with Crippen molar-refractivity contribution in [2.24, 2.45) is 5.92 Å². The van der Waals surface area contributed by atoms with Crippen LogP contribution >= 0.6 is 0 Å². The fourth-order valence-electron chi connectivity index (χ4n) is 3.65. The molecule has 0 radical (unpaired) electrons. The Kier molecular flexibility index (Phi) is 8.29. The van der Waals surface area contributed by atoms with Gasteiger partial charge in [0, 0.05) is 25.8 Å². The average molecular weight is 452 g/mol. The molecule has 8 heteroatoms. The Balaban J connectivity index is 1.81. The first kappa shape index (κ1) is 24.1. The molecule has 33 heavy (non-hydrogen) atoms. The molecule has 2 heterocycles. The van der Waals surface area contributed by atoms with Crippen LogP contribution in [0, 0.1) is 5.92 Å². The molecule has 0 bridgehead atoms. The molecule has 0 saturated carbocycles. The lowest BCUT2D eigenvalue weighted by molar-refractivity contribution is 0.301. The second-order valence-electron chi connectivity index (χ2n) is 8.53. The van der Waals surface area contributed by atoms with Gasteiger partial charge in [-0.25, -0.2) is 4.79 Å². The van der Waals surface area contributed by atoms with Gasteiger partial charge in [0.1, 0.15) is 23.9 Å². The molecule has 0 unspecified atom stereocenters. The smallest absolute Gasteiger partial charge is 0.330 e. The predicted molar refractivity (Wildman–Crippen MR) is 132 cm³/mol. The van der Waals surface area contributed by atoms with Crippen LogP contribution in [0.1, 0.15) is 44.9 Å². The summed E-state index contributed by atoms with van der Waals surface area (Å²) in [5.41, 5.74) is 7.64. The summed E-state index contributed by atoms with van der Waals surface area (Å²) >= 11 is 0. The van der Waals surface area contributed by atoms with Crippen LogP contribution in [0.2, 0.25) is 0 Å². The molecule has 0 saturated heterocycles. The topological polar surface area (TPSA) is 106 Å². The fourth-order valence-corrected chi connectivity index (χ4v) is 3.65. The highest BCUT2D eigenvalue weighted by Crippen LogP contribution is 2.22. The number of aromatic nitrogens is 3. The van der Waals surface area contributed by atoms with E-state index in [1.54, 1.807) is 6.20 Å². The van der Waals surface area contributed by atoms with Crippen LogP contribution in [0.15, 0.2) is 58.3 Å². The number of hydrogen-bond donors (Lipinski definition) is 2. The van der Waals surface area contributed by atoms with Crippen molar-refractivity contribution in [2.45, 2.75) is 53.3 Å². The van der Waals surface area contributed by atoms with Crippen LogP contribution in [-0.2, 0) is 19.7 Å². The number of H-pyrrole nitrogens is 1. The van der Waals surface area contributed by atoms with Crippen molar-refractivity contribution in [3.8, 4) is 5.75 Å². The molecule has 0 fully saturated rings. The first-order valence-electron chi connectivity index (χ1n) is 11.4. The molecule has 0 aliphatic carbocycles. The monoisotopic (exact) mass is 451 g/mol. The van der Waals surface area contributed by atoms with Gasteiger partial charge in [0.2, 0.25) is 0 Å². The standard InChI is InChI=1S/C25H33N5O3/c1-4-5-14-30-23(26)22(24(31)28-25(30)32)29(15-18(2)3)16-19-9-11-21(12-10-19)33-17-20-8-6-7-13-27-20/h6-13,18H,4-5,14-17,26H2,1-3H3,(H,28,31,32). The molecular formula is C25H33N5O3. The highest BCUT2D eigenvalue weighted by atomic mass is 16.5. The van der Waals surface area contributed by atoms with E-state index in [-0.39, 0.29) is 5.82 Å². The zero-order valence-corrected chi connectivity index (χ0v) is 19.6. The number of unbranched alkanes of at least 4 members (excludes halogenated alkanes) is 1. The van der Waals surface area contributed by atoms with Crippen molar-refractivity contribution in [3.05, 3.63) is 80.8 Å². The van der Waals surface area contributed by atoms with Crippen molar-refractivity contribution >= 4 is 11.5 Å². The number of benzene rings is 1. The molecular weight excluding hydrogens is 418 g/mol. The molecule has 3 rings (SSSR count). The summed E-state index contributed by atoms with van der Waals surface area (Å²) in [6, 6.07) is 13.5. The van der Waals surface area contributed by atoms with Gasteiger partial charge in [-0.15, -0.1) is 0 Å². The summed E-state index contributed by atoms with van der Waals surface area (Å²) in [5, 5.41) is 0. The summed E-state index contributed by atoms with van der Waals surface area (Å²) < 4.78 is 7.28. The first-order valence-corrected chi connectivity index (χ1v) is 11.4. The average Bonchev–Trinajstić information content (AvgIpc) is 2.78. The van der Waals surface area contributed by atoms with E-state index >= 15 is 0 Å². The fraction of sp³-hybridized carbons (Fsp3) is 0.400. The summed E-state index contributed by atoms with van der Waals surface area (Å²) in [6.07, 6.45) is 3.47. The lowest BCUT2D eigenvalue weighted by Gasteiger charge is -2.28. The maximum atomic E-state index is 12.8. The number of nitrogens with zero attached hydrogens (tertiary/aromatic N) is 3. The molecule has 3 N–H and O–H groups in total. The van der Waals surface area contributed by atoms with Gasteiger partial charge in [-0.2, -0.15) is 0 Å². The van der Waals surface area contributed by atoms with Gasteiger partial charge in [-0.1, -0.05) is 45.4 Å². The Morgan fingerprint density at radius 2 is 1.91 bits per heavy atom. The zero-order chi connectivity index (χ0) is 23.8. The zero-order valence-electron chi connectivity index (χ0n) is 19.6. The molecule has 2 aromatic heterocycles. The summed E-state index contributed by atoms with van der Waals surface area (Å²) in [7, 11) is 0. The Bertz CT molecular complexity index is 1140. The summed E-state index contributed by atoms with van der Waals surface area (Å²) in [4.78, 5) is 33.7. The second-order valence-corrected chi connectivity index (χ2v) is 8.53. The van der Waals surface area contributed by atoms with E-state index in [4.69, 9.17) is 10.5 Å². The third-order valence-corrected chi connectivity index (χ3v) is 5.26. The van der Waals surface area contributed by atoms with E-state index in [0.717, 1.165) is 29.8 Å². The minimum Gasteiger partial charge on any atom is -0.487 e. The van der Waals surface area contributed by atoms with E-state index in [1.165, 1.54) is 4.57 Å². The Labute approximate surface area is 194 Å². The third-order valence-electron chi connectivity index (χ3n) is 5.26. The SMILES string of the molecule is CCCCn1c(N)c(N(Cc2ccc(OCc3ccccn3)cc2)CC(C)C)c(=O)[nH]c1=O. The highest BCUT2D eigenvalue weighted by Gasteiger charge is 2.20. The van der Waals surface area contributed by atoms with Crippen molar-refractivity contribution in [2.75, 3.05) is 17.2 Å². The van der Waals surface area contributed by atoms with Crippen LogP contribution in [-0.4, -0.2) is 21.1 Å². The Hall–Kier alpha value is -3.55. The molecule has 0 aliphatic heterocycles. The largest absolute Gasteiger partial charge is 0.487 e. The van der Waals surface area contributed by atoms with E-state index < -0.39 is 11.2 Å². The number of hydrogen-bond acceptors (Lipinski definition) is 6. The molecule has 0 aliphatic rings. The summed E-state index contributed by atoms with van der Waals surface area (Å²) in [6.45, 7) is 8.18. The molecule has 176 valence electrons. The lowest BCUT2D eigenvalue weighted by atomic mass is 10.1. The number of nitrogens with one attached hydrogen (secondary N) is 1. The van der Waals surface area contributed by atoms with Crippen LogP contribution in [0.3, 0.4) is 0 Å². The molecule has 0 spiro atoms. The van der Waals surface area contributed by atoms with E-state index in [0.29, 0.717) is 37.8 Å². The molecule has 8 nitrogen and oxygen atoms in total. The van der Waals surface area contributed by atoms with Crippen molar-refractivity contribution in [3.63, 3.8) is 0 Å². The van der Waals surface area contributed by atoms with E-state index in [1.807, 2.05) is 54.3 Å². The maximum absolute atomic E-state index is 12.8. The molecule has 3 aromatic rings. The maximum Gasteiger partial charge on any atom is 0.330 e. The first-order chi connectivity index (χ1) is 15.9. The van der Waals surface area contributed by atoms with Gasteiger partial charge in [0.15, 0.2) is 0 Å². The predicted octanol–water partition coefficient (Wildman–Crippen LogP) is 3.56. The number of aromatic amines is 1. The Morgan fingerprint density at radius 3 is 2.55 bits per heavy atom. The molecule has 0 atom stereocenters. The van der Waals surface area contributed by atoms with Crippen LogP contribution < -0.4 is 26.6 Å². The van der Waals surface area contributed by atoms with Crippen LogP contribution in [0.4, 0.5) is 11.5 Å². The van der Waals surface area contributed by atoms with E-state index in [2.05, 4.69) is 23.8 Å². The van der Waals surface area contributed by atoms with Crippen molar-refractivity contribution in [1.29, 1.82) is 0 Å². The lowest BCUT2D eigenvalue weighted by Crippen LogP contribution is -2.39. The van der Waals surface area contributed by atoms with Gasteiger partial charge in [-0.3, -0.25) is 19.3 Å². The Morgan fingerprint density at radius 1 is 1.15 bits per heavy atom. The molecule has 1 aromatic carbocycles. The highest BCUT2D eigenvalue weighted by molar-refractivity contribution is 5.62. The minimum atomic E-state index is -0.464. The quantitative estimate of drug-likeness (QED) is 0.462. The number of nitrogen functional groups attached to an aromatic ring is 1. The normalized spacial score (nSPS) is 11.0. The van der Waals surface area contributed by atoms with Gasteiger partial charge in [-0.05, 0) is 42.2 Å². The van der Waals surface area contributed by atoms with Gasteiger partial charge < -0.3 is 15.4 Å². The minimum absolute atomic E-state index is 0.216. The van der Waals surface area contributed by atoms with Crippen molar-refractivity contribution < 1.29 is 4.74 Å². The van der Waals surface area contributed by atoms with Crippen LogP contribution in [0.25, 0.3) is 0 Å². The number of nitrogens with two attached hydrogens (primary N) is 1. The summed E-state index contributed by atoms with van der Waals surface area (Å²) in [5.74, 6) is 1.25. The van der Waals surface area contributed by atoms with Gasteiger partial charge >= 0.3 is 5.69 Å². The number of anilines is 2. The van der Waals surface area contributed by atoms with E-state index in [9.17, 15) is 9.59 Å². The number of ether oxygens (including phenoxy) is 1. The number of pyridine rings is 1. The van der Waals surface area contributed by atoms with Gasteiger partial charge in [0.25, 0.3) is 5.56 Å². The van der Waals surface area contributed by atoms with Crippen molar-refractivity contribution in [1.82, 2.24) is 14.5 Å². The van der Waals surface area contributed by atoms with Gasteiger partial charge in [0.05, 0.1) is 5.69 Å². The molecule has 0 amide bonds.